The van der Waals surface area contributed by atoms with Gasteiger partial charge in [0, 0.05) is 37.0 Å². The number of nitrogens with zero attached hydrogens (tertiary/aromatic N) is 4. The zero-order valence-corrected chi connectivity index (χ0v) is 14.4. The number of thioether (sulfide) groups is 1. The molecule has 6 nitrogen and oxygen atoms in total. The molecule has 0 aromatic carbocycles. The number of carbonyl (C=O) groups excluding carboxylic acids is 1. The maximum absolute atomic E-state index is 11.0. The number of primary amides is 1. The molecular weight excluding hydrogens is 310 g/mol. The summed E-state index contributed by atoms with van der Waals surface area (Å²) >= 11 is 1.67. The molecule has 2 N–H and O–H groups in total. The molecule has 2 aromatic rings. The molecule has 1 amide bonds. The zero-order valence-electron chi connectivity index (χ0n) is 13.6. The summed E-state index contributed by atoms with van der Waals surface area (Å²) in [5, 5.41) is 9.41. The van der Waals surface area contributed by atoms with E-state index in [1.807, 2.05) is 24.4 Å². The van der Waals surface area contributed by atoms with Crippen LogP contribution in [0.15, 0.2) is 29.6 Å². The highest BCUT2D eigenvalue weighted by molar-refractivity contribution is 7.99. The van der Waals surface area contributed by atoms with Gasteiger partial charge in [-0.25, -0.2) is 0 Å². The Morgan fingerprint density at radius 2 is 2.13 bits per heavy atom. The molecular formula is C16H23N5OS. The first-order chi connectivity index (χ1) is 11.1. The molecule has 2 rings (SSSR count). The van der Waals surface area contributed by atoms with Crippen molar-refractivity contribution in [1.82, 2.24) is 19.7 Å². The summed E-state index contributed by atoms with van der Waals surface area (Å²) in [4.78, 5) is 15.3. The second-order valence-electron chi connectivity index (χ2n) is 5.79. The lowest BCUT2D eigenvalue weighted by molar-refractivity contribution is -0.118. The van der Waals surface area contributed by atoms with E-state index in [1.54, 1.807) is 11.8 Å². The first kappa shape index (κ1) is 17.5. The van der Waals surface area contributed by atoms with Gasteiger partial charge in [-0.3, -0.25) is 9.78 Å². The van der Waals surface area contributed by atoms with Gasteiger partial charge in [-0.2, -0.15) is 0 Å². The minimum absolute atomic E-state index is 0.300. The van der Waals surface area contributed by atoms with E-state index in [-0.39, 0.29) is 5.91 Å². The summed E-state index contributed by atoms with van der Waals surface area (Å²) in [6, 6.07) is 5.94. The number of nitrogens with two attached hydrogens (primary N) is 1. The fourth-order valence-corrected chi connectivity index (χ4v) is 3.12. The molecule has 0 atom stereocenters. The lowest BCUT2D eigenvalue weighted by atomic mass is 10.2. The molecule has 124 valence electrons. The van der Waals surface area contributed by atoms with E-state index in [9.17, 15) is 4.79 Å². The standard InChI is InChI=1S/C16H23N5OS/c1-12(2)11-21-15(7-6-14(17)22)19-20-16(21)23-10-8-13-5-3-4-9-18-13/h3-5,9,12H,6-8,10-11H2,1-2H3,(H2,17,22). The third kappa shape index (κ3) is 5.67. The molecule has 2 aromatic heterocycles. The Labute approximate surface area is 140 Å². The van der Waals surface area contributed by atoms with Crippen molar-refractivity contribution in [1.29, 1.82) is 0 Å². The van der Waals surface area contributed by atoms with E-state index in [0.29, 0.717) is 18.8 Å². The van der Waals surface area contributed by atoms with Gasteiger partial charge in [0.15, 0.2) is 5.16 Å². The predicted molar refractivity (Wildman–Crippen MR) is 91.0 cm³/mol. The van der Waals surface area contributed by atoms with Crippen molar-refractivity contribution in [3.05, 3.63) is 35.9 Å². The van der Waals surface area contributed by atoms with Gasteiger partial charge in [0.1, 0.15) is 5.82 Å². The SMILES string of the molecule is CC(C)Cn1c(CCC(N)=O)nnc1SCCc1ccccn1. The summed E-state index contributed by atoms with van der Waals surface area (Å²) < 4.78 is 2.11. The minimum Gasteiger partial charge on any atom is -0.370 e. The van der Waals surface area contributed by atoms with Crippen LogP contribution in [0.3, 0.4) is 0 Å². The Balaban J connectivity index is 2.00. The highest BCUT2D eigenvalue weighted by Crippen LogP contribution is 2.20. The van der Waals surface area contributed by atoms with Crippen LogP contribution in [-0.2, 0) is 24.2 Å². The molecule has 0 saturated carbocycles. The van der Waals surface area contributed by atoms with E-state index in [2.05, 4.69) is 33.6 Å². The molecule has 0 fully saturated rings. The Kier molecular flexibility index (Phi) is 6.58. The number of hydrogen-bond acceptors (Lipinski definition) is 5. The van der Waals surface area contributed by atoms with Gasteiger partial charge in [0.2, 0.25) is 5.91 Å². The van der Waals surface area contributed by atoms with E-state index in [0.717, 1.165) is 35.4 Å². The Morgan fingerprint density at radius 3 is 2.78 bits per heavy atom. The number of rotatable bonds is 9. The van der Waals surface area contributed by atoms with Crippen molar-refractivity contribution >= 4 is 17.7 Å². The van der Waals surface area contributed by atoms with Crippen molar-refractivity contribution in [2.45, 2.75) is 44.8 Å². The summed E-state index contributed by atoms with van der Waals surface area (Å²) in [5.74, 6) is 1.89. The quantitative estimate of drug-likeness (QED) is 0.710. The van der Waals surface area contributed by atoms with Crippen LogP contribution in [0.5, 0.6) is 0 Å². The summed E-state index contributed by atoms with van der Waals surface area (Å²) in [6.45, 7) is 5.15. The first-order valence-corrected chi connectivity index (χ1v) is 8.78. The molecule has 0 spiro atoms. The average Bonchev–Trinajstić information content (AvgIpc) is 2.88. The lowest BCUT2D eigenvalue weighted by Crippen LogP contribution is -2.15. The zero-order chi connectivity index (χ0) is 16.7. The first-order valence-electron chi connectivity index (χ1n) is 7.79. The van der Waals surface area contributed by atoms with E-state index in [4.69, 9.17) is 5.73 Å². The average molecular weight is 333 g/mol. The molecule has 0 bridgehead atoms. The van der Waals surface area contributed by atoms with Crippen molar-refractivity contribution in [3.63, 3.8) is 0 Å². The Morgan fingerprint density at radius 1 is 1.30 bits per heavy atom. The van der Waals surface area contributed by atoms with Crippen molar-refractivity contribution in [2.75, 3.05) is 5.75 Å². The van der Waals surface area contributed by atoms with Crippen LogP contribution in [0, 0.1) is 5.92 Å². The fourth-order valence-electron chi connectivity index (χ4n) is 2.19. The number of amides is 1. The maximum atomic E-state index is 11.0. The van der Waals surface area contributed by atoms with E-state index in [1.165, 1.54) is 0 Å². The number of hydrogen-bond donors (Lipinski definition) is 1. The third-order valence-electron chi connectivity index (χ3n) is 3.25. The summed E-state index contributed by atoms with van der Waals surface area (Å²) in [7, 11) is 0. The molecule has 2 heterocycles. The molecule has 0 aliphatic carbocycles. The van der Waals surface area contributed by atoms with Gasteiger partial charge < -0.3 is 10.3 Å². The number of pyridine rings is 1. The Bertz CT molecular complexity index is 627. The molecule has 23 heavy (non-hydrogen) atoms. The van der Waals surface area contributed by atoms with Crippen LogP contribution in [0.25, 0.3) is 0 Å². The van der Waals surface area contributed by atoms with Crippen molar-refractivity contribution < 1.29 is 4.79 Å². The van der Waals surface area contributed by atoms with Crippen molar-refractivity contribution in [3.8, 4) is 0 Å². The second-order valence-corrected chi connectivity index (χ2v) is 6.85. The normalized spacial score (nSPS) is 11.1. The molecule has 0 unspecified atom stereocenters. The molecule has 0 aliphatic heterocycles. The van der Waals surface area contributed by atoms with Crippen LogP contribution < -0.4 is 5.73 Å². The van der Waals surface area contributed by atoms with Crippen LogP contribution in [0.1, 0.15) is 31.8 Å². The smallest absolute Gasteiger partial charge is 0.217 e. The van der Waals surface area contributed by atoms with Gasteiger partial charge in [0.05, 0.1) is 0 Å². The molecule has 7 heteroatoms. The minimum atomic E-state index is -0.312. The summed E-state index contributed by atoms with van der Waals surface area (Å²) in [6.07, 6.45) is 3.53. The third-order valence-corrected chi connectivity index (χ3v) is 4.22. The van der Waals surface area contributed by atoms with Gasteiger partial charge in [-0.05, 0) is 24.5 Å². The van der Waals surface area contributed by atoms with E-state index < -0.39 is 0 Å². The molecule has 0 saturated heterocycles. The molecule has 0 aliphatic rings. The second kappa shape index (κ2) is 8.67. The highest BCUT2D eigenvalue weighted by Gasteiger charge is 2.14. The van der Waals surface area contributed by atoms with Crippen LogP contribution in [0.2, 0.25) is 0 Å². The van der Waals surface area contributed by atoms with Gasteiger partial charge in [-0.1, -0.05) is 31.7 Å². The number of aryl methyl sites for hydroxylation is 2. The van der Waals surface area contributed by atoms with Gasteiger partial charge in [-0.15, -0.1) is 10.2 Å². The topological polar surface area (TPSA) is 86.7 Å². The molecule has 0 radical (unpaired) electrons. The lowest BCUT2D eigenvalue weighted by Gasteiger charge is -2.12. The van der Waals surface area contributed by atoms with Crippen LogP contribution in [0.4, 0.5) is 0 Å². The number of aromatic nitrogens is 4. The largest absolute Gasteiger partial charge is 0.370 e. The Hall–Kier alpha value is -1.89. The monoisotopic (exact) mass is 333 g/mol. The van der Waals surface area contributed by atoms with E-state index >= 15 is 0 Å². The maximum Gasteiger partial charge on any atom is 0.217 e. The van der Waals surface area contributed by atoms with Crippen LogP contribution in [-0.4, -0.2) is 31.4 Å². The van der Waals surface area contributed by atoms with Crippen LogP contribution >= 0.6 is 11.8 Å². The highest BCUT2D eigenvalue weighted by atomic mass is 32.2. The summed E-state index contributed by atoms with van der Waals surface area (Å²) in [5.41, 5.74) is 6.31. The van der Waals surface area contributed by atoms with Crippen molar-refractivity contribution in [2.24, 2.45) is 11.7 Å². The van der Waals surface area contributed by atoms with Gasteiger partial charge in [0.25, 0.3) is 0 Å². The number of carbonyl (C=O) groups is 1. The van der Waals surface area contributed by atoms with Gasteiger partial charge >= 0.3 is 0 Å². The predicted octanol–water partition coefficient (Wildman–Crippen LogP) is 2.08. The fraction of sp³-hybridized carbons (Fsp3) is 0.500.